The van der Waals surface area contributed by atoms with Crippen molar-refractivity contribution in [2.45, 2.75) is 6.92 Å². The molecular weight excluding hydrogens is 395 g/mol. The number of thiocarbonyl (C=S) groups is 1. The monoisotopic (exact) mass is 415 g/mol. The van der Waals surface area contributed by atoms with Crippen LogP contribution in [0.15, 0.2) is 91.3 Å². The largest absolute Gasteiger partial charge is 0.502 e. The third kappa shape index (κ3) is 4.07. The summed E-state index contributed by atoms with van der Waals surface area (Å²) >= 11 is 5.72. The van der Waals surface area contributed by atoms with Gasteiger partial charge in [0.1, 0.15) is 5.82 Å². The number of fused-ring (bicyclic) bond motifs is 1. The van der Waals surface area contributed by atoms with Crippen molar-refractivity contribution in [1.29, 1.82) is 0 Å². The minimum absolute atomic E-state index is 0.0386. The first-order valence-electron chi connectivity index (χ1n) is 9.49. The Morgan fingerprint density at radius 3 is 2.43 bits per heavy atom. The lowest BCUT2D eigenvalue weighted by Gasteiger charge is -2.12. The average molecular weight is 416 g/mol. The molecule has 0 spiro atoms. The minimum Gasteiger partial charge on any atom is -0.502 e. The van der Waals surface area contributed by atoms with Crippen molar-refractivity contribution in [1.82, 2.24) is 0 Å². The van der Waals surface area contributed by atoms with E-state index in [1.54, 1.807) is 4.57 Å². The lowest BCUT2D eigenvalue weighted by atomic mass is 10.1. The number of halogens is 1. The molecule has 0 atom stereocenters. The second-order valence-electron chi connectivity index (χ2n) is 6.97. The molecule has 0 aliphatic carbocycles. The van der Waals surface area contributed by atoms with E-state index in [2.05, 4.69) is 5.32 Å². The summed E-state index contributed by atoms with van der Waals surface area (Å²) in [5.41, 5.74) is 2.74. The van der Waals surface area contributed by atoms with Crippen LogP contribution in [0.2, 0.25) is 0 Å². The zero-order valence-corrected chi connectivity index (χ0v) is 17.2. The van der Waals surface area contributed by atoms with Gasteiger partial charge < -0.3 is 10.4 Å². The van der Waals surface area contributed by atoms with Gasteiger partial charge in [-0.2, -0.15) is 4.57 Å². The summed E-state index contributed by atoms with van der Waals surface area (Å²) in [5.74, 6) is -0.406. The normalized spacial score (nSPS) is 11.8. The summed E-state index contributed by atoms with van der Waals surface area (Å²) in [5, 5.41) is 16.5. The molecule has 0 aliphatic heterocycles. The van der Waals surface area contributed by atoms with Gasteiger partial charge in [-0.1, -0.05) is 48.6 Å². The van der Waals surface area contributed by atoms with E-state index in [1.165, 1.54) is 24.3 Å². The van der Waals surface area contributed by atoms with Crippen molar-refractivity contribution < 1.29 is 14.1 Å². The Bertz CT molecular complexity index is 1260. The van der Waals surface area contributed by atoms with Crippen LogP contribution in [0.25, 0.3) is 22.2 Å². The quantitative estimate of drug-likeness (QED) is 0.189. The molecule has 2 N–H and O–H groups in total. The van der Waals surface area contributed by atoms with Crippen LogP contribution in [0.4, 0.5) is 10.1 Å². The van der Waals surface area contributed by atoms with Crippen LogP contribution in [0.1, 0.15) is 11.1 Å². The lowest BCUT2D eigenvalue weighted by Crippen LogP contribution is -2.38. The van der Waals surface area contributed by atoms with E-state index in [9.17, 15) is 9.50 Å². The molecule has 0 radical (unpaired) electrons. The van der Waals surface area contributed by atoms with Crippen molar-refractivity contribution in [2.75, 3.05) is 5.32 Å². The number of pyridine rings is 1. The Hall–Kier alpha value is -3.57. The molecular formula is C25H20FN2OS+. The summed E-state index contributed by atoms with van der Waals surface area (Å²) in [7, 11) is 0. The maximum absolute atomic E-state index is 13.4. The summed E-state index contributed by atoms with van der Waals surface area (Å²) < 4.78 is 15.2. The third-order valence-corrected chi connectivity index (χ3v) is 5.10. The molecule has 0 saturated carbocycles. The number of anilines is 1. The predicted molar refractivity (Wildman–Crippen MR) is 124 cm³/mol. The molecule has 0 amide bonds. The van der Waals surface area contributed by atoms with Crippen LogP contribution < -0.4 is 9.88 Å². The van der Waals surface area contributed by atoms with Crippen LogP contribution in [-0.4, -0.2) is 10.1 Å². The van der Waals surface area contributed by atoms with E-state index in [4.69, 9.17) is 12.2 Å². The fraction of sp³-hybridized carbons (Fsp3) is 0.0400. The summed E-state index contributed by atoms with van der Waals surface area (Å²) in [6, 6.07) is 23.5. The molecule has 0 bridgehead atoms. The fourth-order valence-corrected chi connectivity index (χ4v) is 3.65. The smallest absolute Gasteiger partial charge is 0.288 e. The number of aliphatic hydroxyl groups excluding tert-OH is 1. The fourth-order valence-electron chi connectivity index (χ4n) is 3.34. The molecule has 1 heterocycles. The molecule has 1 aromatic heterocycles. The Morgan fingerprint density at radius 2 is 1.67 bits per heavy atom. The first kappa shape index (κ1) is 19.7. The number of aryl methyl sites for hydroxylation is 1. The maximum atomic E-state index is 13.4. The lowest BCUT2D eigenvalue weighted by molar-refractivity contribution is -0.576. The van der Waals surface area contributed by atoms with Crippen molar-refractivity contribution in [2.24, 2.45) is 0 Å². The molecule has 0 saturated heterocycles. The number of hydrogen-bond acceptors (Lipinski definition) is 2. The van der Waals surface area contributed by atoms with Crippen LogP contribution in [0.3, 0.4) is 0 Å². The van der Waals surface area contributed by atoms with Gasteiger partial charge in [0.05, 0.1) is 0 Å². The number of rotatable bonds is 4. The van der Waals surface area contributed by atoms with E-state index in [1.807, 2.05) is 73.9 Å². The van der Waals surface area contributed by atoms with E-state index in [0.29, 0.717) is 16.2 Å². The highest BCUT2D eigenvalue weighted by molar-refractivity contribution is 7.81. The molecule has 0 fully saturated rings. The molecule has 3 nitrogen and oxygen atoms in total. The second-order valence-corrected chi connectivity index (χ2v) is 7.38. The van der Waals surface area contributed by atoms with E-state index >= 15 is 0 Å². The zero-order valence-electron chi connectivity index (χ0n) is 16.3. The van der Waals surface area contributed by atoms with Gasteiger partial charge in [-0.15, -0.1) is 0 Å². The molecule has 4 aromatic rings. The van der Waals surface area contributed by atoms with Gasteiger partial charge in [0, 0.05) is 28.3 Å². The number of hydrogen-bond donors (Lipinski definition) is 2. The summed E-state index contributed by atoms with van der Waals surface area (Å²) in [6.07, 6.45) is 3.70. The molecule has 3 aromatic carbocycles. The summed E-state index contributed by atoms with van der Waals surface area (Å²) in [4.78, 5) is 0.351. The Kier molecular flexibility index (Phi) is 5.55. The molecule has 148 valence electrons. The van der Waals surface area contributed by atoms with Gasteiger partial charge in [-0.25, -0.2) is 4.39 Å². The second kappa shape index (κ2) is 8.43. The third-order valence-electron chi connectivity index (χ3n) is 4.80. The average Bonchev–Trinajstić information content (AvgIpc) is 2.75. The predicted octanol–water partition coefficient (Wildman–Crippen LogP) is 5.90. The topological polar surface area (TPSA) is 36.1 Å². The summed E-state index contributed by atoms with van der Waals surface area (Å²) in [6.45, 7) is 1.96. The van der Waals surface area contributed by atoms with Crippen LogP contribution in [0, 0.1) is 12.7 Å². The van der Waals surface area contributed by atoms with Crippen molar-refractivity contribution >= 4 is 45.1 Å². The van der Waals surface area contributed by atoms with Crippen molar-refractivity contribution in [3.63, 3.8) is 0 Å². The van der Waals surface area contributed by atoms with Gasteiger partial charge >= 0.3 is 0 Å². The number of aromatic nitrogens is 1. The highest BCUT2D eigenvalue weighted by Gasteiger charge is 2.24. The van der Waals surface area contributed by atoms with E-state index in [0.717, 1.165) is 22.0 Å². The number of benzene rings is 3. The van der Waals surface area contributed by atoms with Gasteiger partial charge in [0.2, 0.25) is 0 Å². The Balaban J connectivity index is 1.82. The van der Waals surface area contributed by atoms with E-state index in [-0.39, 0.29) is 11.6 Å². The van der Waals surface area contributed by atoms with Crippen LogP contribution in [0.5, 0.6) is 0 Å². The number of aliphatic hydroxyl groups is 1. The highest BCUT2D eigenvalue weighted by atomic mass is 32.1. The van der Waals surface area contributed by atoms with Crippen molar-refractivity contribution in [3.8, 4) is 0 Å². The standard InChI is InChI=1S/C25H19FN2OS/c1-17-6-5-15-28(16-17)23(24(29)19-11-13-20(26)14-12-19)25(30)27-22-10-4-8-18-7-2-3-9-21(18)22/h2-16H,1H3,(H-,27,29,30)/p+1. The van der Waals surface area contributed by atoms with Crippen LogP contribution in [-0.2, 0) is 0 Å². The molecule has 4 rings (SSSR count). The minimum atomic E-state index is -0.368. The van der Waals surface area contributed by atoms with E-state index < -0.39 is 0 Å². The van der Waals surface area contributed by atoms with Crippen molar-refractivity contribution in [3.05, 3.63) is 108 Å². The first-order valence-corrected chi connectivity index (χ1v) is 9.90. The highest BCUT2D eigenvalue weighted by Crippen LogP contribution is 2.25. The van der Waals surface area contributed by atoms with Crippen LogP contribution >= 0.6 is 12.2 Å². The number of nitrogens with one attached hydrogen (secondary N) is 1. The molecule has 30 heavy (non-hydrogen) atoms. The van der Waals surface area contributed by atoms with Gasteiger partial charge in [0.15, 0.2) is 23.1 Å². The van der Waals surface area contributed by atoms with Gasteiger partial charge in [-0.05, 0) is 48.7 Å². The molecule has 0 unspecified atom stereocenters. The Morgan fingerprint density at radius 1 is 0.933 bits per heavy atom. The zero-order chi connectivity index (χ0) is 21.1. The number of nitrogens with zero attached hydrogens (tertiary/aromatic N) is 1. The molecule has 0 aliphatic rings. The van der Waals surface area contributed by atoms with Gasteiger partial charge in [0.25, 0.3) is 5.70 Å². The Labute approximate surface area is 179 Å². The molecule has 5 heteroatoms. The maximum Gasteiger partial charge on any atom is 0.288 e. The SMILES string of the molecule is Cc1ccc[n+](/C(C(=S)Nc2cccc3ccccc23)=C(/O)c2ccc(F)cc2)c1. The van der Waals surface area contributed by atoms with Gasteiger partial charge in [-0.3, -0.25) is 0 Å². The first-order chi connectivity index (χ1) is 14.5.